The SMILES string of the molecule is CC.C[C@H]1[C@H](O)[C@@H](O)[C@H](C)O[C@@H]1CO. The van der Waals surface area contributed by atoms with Crippen molar-refractivity contribution < 1.29 is 20.1 Å². The van der Waals surface area contributed by atoms with Gasteiger partial charge in [0.25, 0.3) is 0 Å². The lowest BCUT2D eigenvalue weighted by Crippen LogP contribution is -2.53. The minimum absolute atomic E-state index is 0.116. The zero-order valence-corrected chi connectivity index (χ0v) is 9.34. The predicted molar refractivity (Wildman–Crippen MR) is 53.9 cm³/mol. The van der Waals surface area contributed by atoms with Crippen molar-refractivity contribution in [1.82, 2.24) is 0 Å². The Morgan fingerprint density at radius 3 is 2.00 bits per heavy atom. The molecule has 0 bridgehead atoms. The van der Waals surface area contributed by atoms with E-state index in [0.29, 0.717) is 0 Å². The van der Waals surface area contributed by atoms with Gasteiger partial charge in [-0.1, -0.05) is 20.8 Å². The second kappa shape index (κ2) is 6.35. The van der Waals surface area contributed by atoms with Crippen molar-refractivity contribution in [2.45, 2.75) is 52.1 Å². The monoisotopic (exact) mass is 206 g/mol. The molecule has 1 rings (SSSR count). The Kier molecular flexibility index (Phi) is 6.27. The zero-order valence-electron chi connectivity index (χ0n) is 9.34. The lowest BCUT2D eigenvalue weighted by atomic mass is 9.89. The van der Waals surface area contributed by atoms with E-state index in [2.05, 4.69) is 0 Å². The van der Waals surface area contributed by atoms with Crippen LogP contribution < -0.4 is 0 Å². The molecule has 0 spiro atoms. The molecule has 1 saturated heterocycles. The van der Waals surface area contributed by atoms with E-state index in [1.807, 2.05) is 13.8 Å². The average molecular weight is 206 g/mol. The van der Waals surface area contributed by atoms with Crippen LogP contribution in [0.4, 0.5) is 0 Å². The first-order valence-electron chi connectivity index (χ1n) is 5.20. The lowest BCUT2D eigenvalue weighted by molar-refractivity contribution is -0.198. The summed E-state index contributed by atoms with van der Waals surface area (Å²) >= 11 is 0. The molecule has 1 heterocycles. The van der Waals surface area contributed by atoms with E-state index < -0.39 is 18.3 Å². The van der Waals surface area contributed by atoms with Gasteiger partial charge in [-0.05, 0) is 6.92 Å². The van der Waals surface area contributed by atoms with Gasteiger partial charge in [-0.2, -0.15) is 0 Å². The number of hydrogen-bond donors (Lipinski definition) is 3. The maximum Gasteiger partial charge on any atom is 0.106 e. The molecular formula is C10H22O4. The molecular weight excluding hydrogens is 184 g/mol. The van der Waals surface area contributed by atoms with Gasteiger partial charge >= 0.3 is 0 Å². The average Bonchev–Trinajstić information content (AvgIpc) is 2.23. The van der Waals surface area contributed by atoms with Crippen molar-refractivity contribution in [3.8, 4) is 0 Å². The molecule has 0 aromatic carbocycles. The predicted octanol–water partition coefficient (Wildman–Crippen LogP) is 0.150. The molecule has 14 heavy (non-hydrogen) atoms. The Hall–Kier alpha value is -0.160. The number of aliphatic hydroxyl groups is 3. The van der Waals surface area contributed by atoms with E-state index >= 15 is 0 Å². The van der Waals surface area contributed by atoms with Crippen LogP contribution >= 0.6 is 0 Å². The largest absolute Gasteiger partial charge is 0.394 e. The summed E-state index contributed by atoms with van der Waals surface area (Å²) in [5.74, 6) is -0.221. The van der Waals surface area contributed by atoms with Crippen LogP contribution in [0.3, 0.4) is 0 Å². The first-order chi connectivity index (χ1) is 6.57. The molecule has 0 amide bonds. The molecule has 4 heteroatoms. The summed E-state index contributed by atoms with van der Waals surface area (Å²) in [7, 11) is 0. The van der Waals surface area contributed by atoms with E-state index in [0.717, 1.165) is 0 Å². The summed E-state index contributed by atoms with van der Waals surface area (Å²) in [6.07, 6.45) is -2.42. The van der Waals surface area contributed by atoms with E-state index in [9.17, 15) is 10.2 Å². The molecule has 0 aromatic heterocycles. The molecule has 0 aliphatic carbocycles. The van der Waals surface area contributed by atoms with Crippen LogP contribution in [0, 0.1) is 5.92 Å². The standard InChI is InChI=1S/C8H16O4.C2H6/c1-4-6(3-9)12-5(2)8(11)7(4)10;1-2/h4-11H,3H2,1-2H3;1-2H3/t4-,5+,6-,7+,8+;/m1./s1. The summed E-state index contributed by atoms with van der Waals surface area (Å²) < 4.78 is 5.27. The normalized spacial score (nSPS) is 42.6. The smallest absolute Gasteiger partial charge is 0.106 e. The fraction of sp³-hybridized carbons (Fsp3) is 1.00. The number of hydrogen-bond acceptors (Lipinski definition) is 4. The highest BCUT2D eigenvalue weighted by Crippen LogP contribution is 2.25. The first-order valence-corrected chi connectivity index (χ1v) is 5.20. The highest BCUT2D eigenvalue weighted by Gasteiger charge is 2.39. The number of aliphatic hydroxyl groups excluding tert-OH is 3. The topological polar surface area (TPSA) is 69.9 Å². The van der Waals surface area contributed by atoms with Gasteiger partial charge in [0.2, 0.25) is 0 Å². The Morgan fingerprint density at radius 2 is 1.57 bits per heavy atom. The highest BCUT2D eigenvalue weighted by atomic mass is 16.5. The summed E-state index contributed by atoms with van der Waals surface area (Å²) in [5, 5.41) is 27.7. The first kappa shape index (κ1) is 13.8. The summed E-state index contributed by atoms with van der Waals surface area (Å²) in [6.45, 7) is 7.32. The van der Waals surface area contributed by atoms with Crippen LogP contribution in [0.25, 0.3) is 0 Å². The van der Waals surface area contributed by atoms with E-state index in [4.69, 9.17) is 9.84 Å². The Bertz CT molecular complexity index is 146. The molecule has 4 nitrogen and oxygen atoms in total. The molecule has 0 radical (unpaired) electrons. The van der Waals surface area contributed by atoms with Crippen LogP contribution in [-0.4, -0.2) is 46.3 Å². The third-order valence-corrected chi connectivity index (χ3v) is 2.53. The Labute approximate surface area is 85.5 Å². The summed E-state index contributed by atoms with van der Waals surface area (Å²) in [6, 6.07) is 0. The lowest BCUT2D eigenvalue weighted by Gasteiger charge is -2.39. The van der Waals surface area contributed by atoms with Crippen molar-refractivity contribution in [2.24, 2.45) is 5.92 Å². The second-order valence-electron chi connectivity index (χ2n) is 3.40. The molecule has 5 atom stereocenters. The van der Waals surface area contributed by atoms with Gasteiger partial charge in [-0.3, -0.25) is 0 Å². The number of ether oxygens (including phenoxy) is 1. The van der Waals surface area contributed by atoms with E-state index in [-0.39, 0.29) is 18.6 Å². The molecule has 0 aromatic rings. The minimum Gasteiger partial charge on any atom is -0.394 e. The Morgan fingerprint density at radius 1 is 1.07 bits per heavy atom. The fourth-order valence-electron chi connectivity index (χ4n) is 1.50. The van der Waals surface area contributed by atoms with E-state index in [1.165, 1.54) is 0 Å². The van der Waals surface area contributed by atoms with Crippen molar-refractivity contribution in [1.29, 1.82) is 0 Å². The molecule has 1 fully saturated rings. The third-order valence-electron chi connectivity index (χ3n) is 2.53. The maximum absolute atomic E-state index is 9.48. The maximum atomic E-state index is 9.48. The quantitative estimate of drug-likeness (QED) is 0.571. The molecule has 1 aliphatic rings. The van der Waals surface area contributed by atoms with Gasteiger partial charge in [-0.15, -0.1) is 0 Å². The summed E-state index contributed by atoms with van der Waals surface area (Å²) in [4.78, 5) is 0. The third kappa shape index (κ3) is 2.92. The zero-order chi connectivity index (χ0) is 11.3. The number of rotatable bonds is 1. The van der Waals surface area contributed by atoms with Crippen molar-refractivity contribution in [3.05, 3.63) is 0 Å². The van der Waals surface area contributed by atoms with Crippen LogP contribution in [0.1, 0.15) is 27.7 Å². The molecule has 3 N–H and O–H groups in total. The molecule has 0 unspecified atom stereocenters. The van der Waals surface area contributed by atoms with E-state index in [1.54, 1.807) is 13.8 Å². The van der Waals surface area contributed by atoms with Gasteiger partial charge in [0.15, 0.2) is 0 Å². The van der Waals surface area contributed by atoms with Crippen LogP contribution in [0.5, 0.6) is 0 Å². The van der Waals surface area contributed by atoms with Crippen LogP contribution in [0.2, 0.25) is 0 Å². The van der Waals surface area contributed by atoms with Crippen LogP contribution in [-0.2, 0) is 4.74 Å². The summed E-state index contributed by atoms with van der Waals surface area (Å²) in [5.41, 5.74) is 0. The van der Waals surface area contributed by atoms with Crippen molar-refractivity contribution in [2.75, 3.05) is 6.61 Å². The Balaban J connectivity index is 0.000000791. The molecule has 0 saturated carbocycles. The van der Waals surface area contributed by atoms with Crippen molar-refractivity contribution in [3.63, 3.8) is 0 Å². The highest BCUT2D eigenvalue weighted by molar-refractivity contribution is 4.87. The van der Waals surface area contributed by atoms with Gasteiger partial charge in [-0.25, -0.2) is 0 Å². The van der Waals surface area contributed by atoms with Gasteiger partial charge in [0.1, 0.15) is 6.10 Å². The second-order valence-corrected chi connectivity index (χ2v) is 3.40. The molecule has 1 aliphatic heterocycles. The van der Waals surface area contributed by atoms with Crippen LogP contribution in [0.15, 0.2) is 0 Å². The minimum atomic E-state index is -0.845. The van der Waals surface area contributed by atoms with Gasteiger partial charge < -0.3 is 20.1 Å². The van der Waals surface area contributed by atoms with Crippen molar-refractivity contribution >= 4 is 0 Å². The van der Waals surface area contributed by atoms with Gasteiger partial charge in [0.05, 0.1) is 24.9 Å². The molecule has 86 valence electrons. The van der Waals surface area contributed by atoms with Gasteiger partial charge in [0, 0.05) is 5.92 Å². The fourth-order valence-corrected chi connectivity index (χ4v) is 1.50.